The van der Waals surface area contributed by atoms with Gasteiger partial charge in [-0.05, 0) is 23.8 Å². The second-order valence-corrected chi connectivity index (χ2v) is 8.91. The number of amidine groups is 2. The normalized spacial score (nSPS) is 19.0. The molecule has 1 N–H and O–H groups in total. The standard InChI is InChI=1S/C22H22ClN5OS/c23-16-6-7-18-17(14-16)20-25-10-13-28(20)22(26-18)30-19(15-4-2-1-3-5-15)21(29)27-11-8-24-9-12-27/h1-7,14,19,24H,8-13H2. The number of nitrogens with one attached hydrogen (secondary N) is 1. The van der Waals surface area contributed by atoms with Crippen LogP contribution in [0.5, 0.6) is 0 Å². The van der Waals surface area contributed by atoms with Crippen molar-refractivity contribution in [1.82, 2.24) is 15.1 Å². The number of carbonyl (C=O) groups excluding carboxylic acids is 1. The van der Waals surface area contributed by atoms with E-state index < -0.39 is 0 Å². The first-order chi connectivity index (χ1) is 14.7. The van der Waals surface area contributed by atoms with Crippen molar-refractivity contribution in [2.24, 2.45) is 9.98 Å². The lowest BCUT2D eigenvalue weighted by Gasteiger charge is -2.33. The van der Waals surface area contributed by atoms with Gasteiger partial charge in [0.15, 0.2) is 5.17 Å². The second-order valence-electron chi connectivity index (χ2n) is 7.40. The largest absolute Gasteiger partial charge is 0.339 e. The molecule has 3 aliphatic rings. The molecule has 3 aliphatic heterocycles. The Bertz CT molecular complexity index is 1020. The number of hydrogen-bond donors (Lipinski definition) is 1. The number of rotatable bonds is 3. The van der Waals surface area contributed by atoms with Crippen LogP contribution in [0.4, 0.5) is 5.69 Å². The molecule has 0 bridgehead atoms. The summed E-state index contributed by atoms with van der Waals surface area (Å²) in [5.74, 6) is 1.03. The number of benzene rings is 2. The number of thioether (sulfide) groups is 1. The number of amides is 1. The molecule has 5 rings (SSSR count). The van der Waals surface area contributed by atoms with Gasteiger partial charge < -0.3 is 15.1 Å². The quantitative estimate of drug-likeness (QED) is 0.797. The summed E-state index contributed by atoms with van der Waals surface area (Å²) in [6, 6.07) is 15.7. The van der Waals surface area contributed by atoms with Crippen molar-refractivity contribution >= 4 is 46.0 Å². The van der Waals surface area contributed by atoms with Crippen LogP contribution < -0.4 is 5.32 Å². The Labute approximate surface area is 185 Å². The van der Waals surface area contributed by atoms with E-state index in [1.807, 2.05) is 53.4 Å². The Morgan fingerprint density at radius 1 is 1.10 bits per heavy atom. The number of hydrogen-bond acceptors (Lipinski definition) is 6. The SMILES string of the molecule is O=C(C(SC1=Nc2ccc(Cl)cc2C2=NCCN12)c1ccccc1)N1CCNCC1. The van der Waals surface area contributed by atoms with Crippen LogP contribution in [0.1, 0.15) is 16.4 Å². The molecular formula is C22H22ClN5OS. The van der Waals surface area contributed by atoms with E-state index in [0.717, 1.165) is 60.5 Å². The first-order valence-electron chi connectivity index (χ1n) is 10.1. The Morgan fingerprint density at radius 3 is 2.70 bits per heavy atom. The fraction of sp³-hybridized carbons (Fsp3) is 0.318. The predicted octanol–water partition coefficient (Wildman–Crippen LogP) is 3.31. The van der Waals surface area contributed by atoms with Gasteiger partial charge in [0.25, 0.3) is 0 Å². The summed E-state index contributed by atoms with van der Waals surface area (Å²) in [4.78, 5) is 27.2. The van der Waals surface area contributed by atoms with Crippen molar-refractivity contribution in [3.63, 3.8) is 0 Å². The summed E-state index contributed by atoms with van der Waals surface area (Å²) in [6.45, 7) is 4.59. The number of piperazine rings is 1. The Balaban J connectivity index is 1.50. The molecule has 0 aliphatic carbocycles. The molecule has 3 heterocycles. The van der Waals surface area contributed by atoms with Crippen molar-refractivity contribution in [3.05, 3.63) is 64.7 Å². The number of aliphatic imine (C=N–C) groups is 2. The van der Waals surface area contributed by atoms with Gasteiger partial charge in [0.2, 0.25) is 5.91 Å². The van der Waals surface area contributed by atoms with Gasteiger partial charge >= 0.3 is 0 Å². The van der Waals surface area contributed by atoms with Gasteiger partial charge in [0.05, 0.1) is 12.2 Å². The molecule has 154 valence electrons. The van der Waals surface area contributed by atoms with Gasteiger partial charge in [0, 0.05) is 43.3 Å². The Kier molecular flexibility index (Phi) is 5.50. The topological polar surface area (TPSA) is 60.3 Å². The predicted molar refractivity (Wildman–Crippen MR) is 123 cm³/mol. The van der Waals surface area contributed by atoms with E-state index in [1.54, 1.807) is 0 Å². The summed E-state index contributed by atoms with van der Waals surface area (Å²) < 4.78 is 0. The lowest BCUT2D eigenvalue weighted by molar-refractivity contribution is -0.131. The van der Waals surface area contributed by atoms with E-state index in [1.165, 1.54) is 11.8 Å². The number of carbonyl (C=O) groups is 1. The molecule has 8 heteroatoms. The molecule has 1 amide bonds. The maximum absolute atomic E-state index is 13.5. The number of halogens is 1. The highest BCUT2D eigenvalue weighted by Gasteiger charge is 2.35. The summed E-state index contributed by atoms with van der Waals surface area (Å²) >= 11 is 7.73. The van der Waals surface area contributed by atoms with Crippen LogP contribution in [0.2, 0.25) is 5.02 Å². The fourth-order valence-corrected chi connectivity index (χ4v) is 5.33. The van der Waals surface area contributed by atoms with E-state index >= 15 is 0 Å². The molecule has 1 saturated heterocycles. The molecular weight excluding hydrogens is 418 g/mol. The average molecular weight is 440 g/mol. The van der Waals surface area contributed by atoms with Crippen LogP contribution in [0.15, 0.2) is 58.5 Å². The maximum atomic E-state index is 13.5. The first kappa shape index (κ1) is 19.6. The molecule has 6 nitrogen and oxygen atoms in total. The molecule has 30 heavy (non-hydrogen) atoms. The van der Waals surface area contributed by atoms with Crippen LogP contribution in [-0.2, 0) is 4.79 Å². The number of fused-ring (bicyclic) bond motifs is 3. The van der Waals surface area contributed by atoms with Crippen LogP contribution in [0.25, 0.3) is 0 Å². The monoisotopic (exact) mass is 439 g/mol. The van der Waals surface area contributed by atoms with Crippen molar-refractivity contribution in [1.29, 1.82) is 0 Å². The van der Waals surface area contributed by atoms with E-state index in [2.05, 4.69) is 10.2 Å². The molecule has 1 fully saturated rings. The van der Waals surface area contributed by atoms with Gasteiger partial charge in [-0.2, -0.15) is 0 Å². The summed E-state index contributed by atoms with van der Waals surface area (Å²) in [5.41, 5.74) is 2.79. The first-order valence-corrected chi connectivity index (χ1v) is 11.4. The minimum absolute atomic E-state index is 0.134. The highest BCUT2D eigenvalue weighted by Crippen LogP contribution is 2.39. The van der Waals surface area contributed by atoms with Crippen molar-refractivity contribution in [2.45, 2.75) is 5.25 Å². The van der Waals surface area contributed by atoms with Crippen molar-refractivity contribution in [3.8, 4) is 0 Å². The van der Waals surface area contributed by atoms with E-state index in [0.29, 0.717) is 11.6 Å². The average Bonchev–Trinajstić information content (AvgIpc) is 3.29. The van der Waals surface area contributed by atoms with E-state index in [-0.39, 0.29) is 11.2 Å². The second kappa shape index (κ2) is 8.41. The highest BCUT2D eigenvalue weighted by molar-refractivity contribution is 8.14. The third-order valence-corrected chi connectivity index (χ3v) is 6.93. The van der Waals surface area contributed by atoms with Gasteiger partial charge in [-0.25, -0.2) is 4.99 Å². The van der Waals surface area contributed by atoms with Crippen molar-refractivity contribution < 1.29 is 4.79 Å². The van der Waals surface area contributed by atoms with E-state index in [9.17, 15) is 4.79 Å². The minimum Gasteiger partial charge on any atom is -0.339 e. The third-order valence-electron chi connectivity index (χ3n) is 5.47. The molecule has 1 atom stereocenters. The molecule has 0 spiro atoms. The lowest BCUT2D eigenvalue weighted by atomic mass is 10.1. The summed E-state index contributed by atoms with van der Waals surface area (Å²) in [6.07, 6.45) is 0. The Hall–Kier alpha value is -2.35. The van der Waals surface area contributed by atoms with Gasteiger partial charge in [-0.3, -0.25) is 9.79 Å². The number of nitrogens with zero attached hydrogens (tertiary/aromatic N) is 4. The molecule has 0 aromatic heterocycles. The zero-order chi connectivity index (χ0) is 20.5. The van der Waals surface area contributed by atoms with Crippen LogP contribution in [0.3, 0.4) is 0 Å². The minimum atomic E-state index is -0.348. The maximum Gasteiger partial charge on any atom is 0.240 e. The zero-order valence-corrected chi connectivity index (χ0v) is 18.0. The zero-order valence-electron chi connectivity index (χ0n) is 16.4. The van der Waals surface area contributed by atoms with Gasteiger partial charge in [-0.1, -0.05) is 53.7 Å². The van der Waals surface area contributed by atoms with Crippen LogP contribution >= 0.6 is 23.4 Å². The Morgan fingerprint density at radius 2 is 1.90 bits per heavy atom. The summed E-state index contributed by atoms with van der Waals surface area (Å²) in [7, 11) is 0. The molecule has 0 saturated carbocycles. The smallest absolute Gasteiger partial charge is 0.240 e. The third kappa shape index (κ3) is 3.73. The fourth-order valence-electron chi connectivity index (χ4n) is 3.95. The lowest BCUT2D eigenvalue weighted by Crippen LogP contribution is -2.48. The van der Waals surface area contributed by atoms with Crippen molar-refractivity contribution in [2.75, 3.05) is 39.3 Å². The van der Waals surface area contributed by atoms with E-state index in [4.69, 9.17) is 21.6 Å². The molecule has 1 unspecified atom stereocenters. The molecule has 2 aromatic carbocycles. The highest BCUT2D eigenvalue weighted by atomic mass is 35.5. The summed E-state index contributed by atoms with van der Waals surface area (Å²) in [5, 5.41) is 4.46. The van der Waals surface area contributed by atoms with Crippen LogP contribution in [0, 0.1) is 0 Å². The molecule has 2 aromatic rings. The van der Waals surface area contributed by atoms with Crippen LogP contribution in [-0.4, -0.2) is 66.0 Å². The molecule has 0 radical (unpaired) electrons. The van der Waals surface area contributed by atoms with Gasteiger partial charge in [-0.15, -0.1) is 0 Å². The van der Waals surface area contributed by atoms with Gasteiger partial charge in [0.1, 0.15) is 11.1 Å².